The summed E-state index contributed by atoms with van der Waals surface area (Å²) in [6.45, 7) is 12.1. The Balaban J connectivity index is 3.09. The van der Waals surface area contributed by atoms with Gasteiger partial charge in [0, 0.05) is 13.2 Å². The second-order valence-corrected chi connectivity index (χ2v) is 6.64. The largest absolute Gasteiger partial charge is 0.423 e. The molecule has 1 aromatic rings. The van der Waals surface area contributed by atoms with Crippen LogP contribution in [0.5, 0.6) is 0 Å². The van der Waals surface area contributed by atoms with E-state index in [0.29, 0.717) is 13.2 Å². The van der Waals surface area contributed by atoms with Crippen LogP contribution in [-0.4, -0.2) is 22.5 Å². The lowest BCUT2D eigenvalue weighted by molar-refractivity contribution is 0.225. The normalized spacial score (nSPS) is 12.1. The molecule has 0 saturated carbocycles. The smallest absolute Gasteiger partial charge is 0.390 e. The zero-order valence-corrected chi connectivity index (χ0v) is 12.5. The molecule has 0 aliphatic rings. The topological polar surface area (TPSA) is 18.5 Å². The highest BCUT2D eigenvalue weighted by Gasteiger charge is 2.26. The van der Waals surface area contributed by atoms with Crippen molar-refractivity contribution in [3.8, 4) is 0 Å². The Morgan fingerprint density at radius 3 is 2.00 bits per heavy atom. The first kappa shape index (κ1) is 14.4. The Morgan fingerprint density at radius 1 is 1.00 bits per heavy atom. The van der Waals surface area contributed by atoms with Crippen LogP contribution in [0.25, 0.3) is 0 Å². The van der Waals surface area contributed by atoms with Gasteiger partial charge in [0.2, 0.25) is 0 Å². The molecule has 1 aromatic carbocycles. The zero-order chi connectivity index (χ0) is 12.9. The first-order chi connectivity index (χ1) is 8.00. The van der Waals surface area contributed by atoms with E-state index in [2.05, 4.69) is 45.0 Å². The molecule has 0 aromatic heterocycles. The van der Waals surface area contributed by atoms with Crippen molar-refractivity contribution in [3.63, 3.8) is 0 Å². The summed E-state index contributed by atoms with van der Waals surface area (Å²) in [5, 5.41) is 1.24. The van der Waals surface area contributed by atoms with Crippen molar-refractivity contribution in [2.24, 2.45) is 0 Å². The van der Waals surface area contributed by atoms with E-state index in [-0.39, 0.29) is 5.41 Å². The van der Waals surface area contributed by atoms with Crippen molar-refractivity contribution in [2.75, 3.05) is 13.2 Å². The highest BCUT2D eigenvalue weighted by molar-refractivity contribution is 6.61. The molecule has 0 saturated heterocycles. The van der Waals surface area contributed by atoms with E-state index in [1.807, 2.05) is 13.8 Å². The molecule has 0 heterocycles. The molecule has 0 amide bonds. The van der Waals surface area contributed by atoms with Crippen molar-refractivity contribution < 1.29 is 8.85 Å². The lowest BCUT2D eigenvalue weighted by Gasteiger charge is -2.25. The molecule has 0 unspecified atom stereocenters. The lowest BCUT2D eigenvalue weighted by Crippen LogP contribution is -2.41. The second kappa shape index (κ2) is 6.33. The average molecular weight is 251 g/mol. The van der Waals surface area contributed by atoms with Crippen LogP contribution in [0, 0.1) is 0 Å². The number of hydrogen-bond donors (Lipinski definition) is 0. The molecule has 0 aliphatic heterocycles. The molecular weight excluding hydrogens is 228 g/mol. The van der Waals surface area contributed by atoms with E-state index in [1.165, 1.54) is 10.8 Å². The third-order valence-electron chi connectivity index (χ3n) is 2.51. The maximum atomic E-state index is 5.78. The molecule has 1 rings (SSSR count). The summed E-state index contributed by atoms with van der Waals surface area (Å²) < 4.78 is 11.6. The van der Waals surface area contributed by atoms with E-state index in [9.17, 15) is 0 Å². The Labute approximate surface area is 107 Å². The fourth-order valence-corrected chi connectivity index (χ4v) is 3.60. The van der Waals surface area contributed by atoms with Crippen molar-refractivity contribution in [1.29, 1.82) is 0 Å². The standard InChI is InChI=1S/C14H23O2Si/c1-6-15-17(16-7-2)13-11-9-8-10-12(13)14(3,4)5/h8-11H,6-7H2,1-5H3. The van der Waals surface area contributed by atoms with Crippen LogP contribution in [0.1, 0.15) is 40.2 Å². The molecule has 17 heavy (non-hydrogen) atoms. The van der Waals surface area contributed by atoms with Gasteiger partial charge in [-0.3, -0.25) is 0 Å². The summed E-state index contributed by atoms with van der Waals surface area (Å²) in [6.07, 6.45) is 0. The van der Waals surface area contributed by atoms with Crippen molar-refractivity contribution in [1.82, 2.24) is 0 Å². The van der Waals surface area contributed by atoms with E-state index in [4.69, 9.17) is 8.85 Å². The van der Waals surface area contributed by atoms with E-state index in [0.717, 1.165) is 0 Å². The average Bonchev–Trinajstić information content (AvgIpc) is 2.28. The van der Waals surface area contributed by atoms with Gasteiger partial charge < -0.3 is 8.85 Å². The quantitative estimate of drug-likeness (QED) is 0.749. The first-order valence-corrected chi connectivity index (χ1v) is 7.54. The van der Waals surface area contributed by atoms with E-state index in [1.54, 1.807) is 0 Å². The van der Waals surface area contributed by atoms with Gasteiger partial charge >= 0.3 is 9.28 Å². The van der Waals surface area contributed by atoms with Crippen molar-refractivity contribution >= 4 is 14.5 Å². The van der Waals surface area contributed by atoms with Gasteiger partial charge in [0.05, 0.1) is 0 Å². The third kappa shape index (κ3) is 3.94. The Morgan fingerprint density at radius 2 is 1.53 bits per heavy atom. The molecule has 3 heteroatoms. The van der Waals surface area contributed by atoms with Gasteiger partial charge in [-0.1, -0.05) is 45.0 Å². The maximum Gasteiger partial charge on any atom is 0.423 e. The number of rotatable bonds is 5. The van der Waals surface area contributed by atoms with Crippen LogP contribution in [0.3, 0.4) is 0 Å². The summed E-state index contributed by atoms with van der Waals surface area (Å²) in [5.74, 6) is 0. The molecule has 0 atom stereocenters. The molecule has 1 radical (unpaired) electrons. The molecule has 95 valence electrons. The van der Waals surface area contributed by atoms with Gasteiger partial charge in [0.25, 0.3) is 0 Å². The molecule has 0 fully saturated rings. The number of benzene rings is 1. The Bertz CT molecular complexity index is 338. The van der Waals surface area contributed by atoms with Crippen LogP contribution in [0.4, 0.5) is 0 Å². The zero-order valence-electron chi connectivity index (χ0n) is 11.5. The molecular formula is C14H23O2Si. The summed E-state index contributed by atoms with van der Waals surface area (Å²) in [5.41, 5.74) is 1.46. The summed E-state index contributed by atoms with van der Waals surface area (Å²) in [4.78, 5) is 0. The van der Waals surface area contributed by atoms with Crippen LogP contribution in [0.2, 0.25) is 0 Å². The van der Waals surface area contributed by atoms with Gasteiger partial charge in [-0.15, -0.1) is 0 Å². The predicted molar refractivity (Wildman–Crippen MR) is 73.8 cm³/mol. The first-order valence-electron chi connectivity index (χ1n) is 6.23. The van der Waals surface area contributed by atoms with Crippen LogP contribution >= 0.6 is 0 Å². The van der Waals surface area contributed by atoms with Crippen LogP contribution in [0.15, 0.2) is 24.3 Å². The summed E-state index contributed by atoms with van der Waals surface area (Å²) in [7, 11) is -1.34. The van der Waals surface area contributed by atoms with Crippen molar-refractivity contribution in [2.45, 2.75) is 40.0 Å². The number of hydrogen-bond acceptors (Lipinski definition) is 2. The summed E-state index contributed by atoms with van der Waals surface area (Å²) >= 11 is 0. The minimum atomic E-state index is -1.34. The lowest BCUT2D eigenvalue weighted by atomic mass is 9.87. The Hall–Kier alpha value is -0.643. The van der Waals surface area contributed by atoms with E-state index < -0.39 is 9.28 Å². The minimum Gasteiger partial charge on any atom is -0.390 e. The minimum absolute atomic E-state index is 0.126. The van der Waals surface area contributed by atoms with Gasteiger partial charge in [-0.2, -0.15) is 0 Å². The highest BCUT2D eigenvalue weighted by atomic mass is 28.3. The van der Waals surface area contributed by atoms with Crippen LogP contribution in [-0.2, 0) is 14.3 Å². The Kier molecular flexibility index (Phi) is 5.37. The second-order valence-electron chi connectivity index (χ2n) is 4.95. The maximum absolute atomic E-state index is 5.78. The van der Waals surface area contributed by atoms with Crippen molar-refractivity contribution in [3.05, 3.63) is 29.8 Å². The monoisotopic (exact) mass is 251 g/mol. The molecule has 0 spiro atoms. The fourth-order valence-electron chi connectivity index (χ4n) is 1.77. The molecule has 0 bridgehead atoms. The van der Waals surface area contributed by atoms with Gasteiger partial charge in [-0.25, -0.2) is 0 Å². The third-order valence-corrected chi connectivity index (χ3v) is 4.48. The van der Waals surface area contributed by atoms with Gasteiger partial charge in [-0.05, 0) is 30.0 Å². The van der Waals surface area contributed by atoms with E-state index >= 15 is 0 Å². The van der Waals surface area contributed by atoms with Crippen LogP contribution < -0.4 is 5.19 Å². The molecule has 2 nitrogen and oxygen atoms in total. The van der Waals surface area contributed by atoms with Gasteiger partial charge in [0.15, 0.2) is 0 Å². The molecule has 0 N–H and O–H groups in total. The molecule has 0 aliphatic carbocycles. The highest BCUT2D eigenvalue weighted by Crippen LogP contribution is 2.20. The predicted octanol–water partition coefficient (Wildman–Crippen LogP) is 2.75. The SMILES string of the molecule is CCO[Si](OCC)c1ccccc1C(C)(C)C. The van der Waals surface area contributed by atoms with Gasteiger partial charge in [0.1, 0.15) is 0 Å². The summed E-state index contributed by atoms with van der Waals surface area (Å²) in [6, 6.07) is 8.47. The fraction of sp³-hybridized carbons (Fsp3) is 0.571.